The van der Waals surface area contributed by atoms with Crippen LogP contribution < -0.4 is 5.32 Å². The average molecular weight is 570 g/mol. The molecule has 36 heavy (non-hydrogen) atoms. The maximum atomic E-state index is 14.1. The van der Waals surface area contributed by atoms with Crippen LogP contribution in [0.25, 0.3) is 22.2 Å². The van der Waals surface area contributed by atoms with Gasteiger partial charge < -0.3 is 10.4 Å². The van der Waals surface area contributed by atoms with Crippen LogP contribution in [-0.2, 0) is 4.79 Å². The number of carbonyl (C=O) groups is 2. The van der Waals surface area contributed by atoms with Crippen LogP contribution in [0.2, 0.25) is 5.02 Å². The second-order valence-electron chi connectivity index (χ2n) is 8.47. The van der Waals surface area contributed by atoms with Gasteiger partial charge in [-0.15, -0.1) is 0 Å². The number of amides is 1. The standard InChI is InChI=1S/C28H23BrClFN2O3/c1-16-25(21-14-19(29)11-12-23(21)33-27(16)17-6-3-2-4-7-17)28(36)32-15-18(10-13-24(34)35)20-8-5-9-22(31)26(20)30/h2-9,11-12,14,18H,10,13,15H2,1H3,(H,32,36)(H,34,35)/t18-/m0/s1. The molecule has 0 spiro atoms. The summed E-state index contributed by atoms with van der Waals surface area (Å²) >= 11 is 9.68. The summed E-state index contributed by atoms with van der Waals surface area (Å²) in [7, 11) is 0. The number of carboxylic acids is 1. The Labute approximate surface area is 221 Å². The molecule has 1 aromatic heterocycles. The second kappa shape index (κ2) is 11.2. The smallest absolute Gasteiger partial charge is 0.303 e. The van der Waals surface area contributed by atoms with Gasteiger partial charge in [0, 0.05) is 34.3 Å². The SMILES string of the molecule is Cc1c(-c2ccccc2)nc2ccc(Br)cc2c1C(=O)NC[C@H](CCC(=O)O)c1cccc(F)c1Cl. The summed E-state index contributed by atoms with van der Waals surface area (Å²) in [5.74, 6) is -2.38. The molecule has 4 aromatic rings. The number of carbonyl (C=O) groups excluding carboxylic acids is 1. The normalized spacial score (nSPS) is 11.9. The zero-order chi connectivity index (χ0) is 25.8. The van der Waals surface area contributed by atoms with E-state index in [1.807, 2.05) is 55.5 Å². The molecular formula is C28H23BrClFN2O3. The van der Waals surface area contributed by atoms with E-state index in [0.717, 1.165) is 15.6 Å². The van der Waals surface area contributed by atoms with Crippen molar-refractivity contribution in [1.29, 1.82) is 0 Å². The number of fused-ring (bicyclic) bond motifs is 1. The van der Waals surface area contributed by atoms with Crippen LogP contribution in [-0.4, -0.2) is 28.5 Å². The third-order valence-corrected chi connectivity index (χ3v) is 6.99. The second-order valence-corrected chi connectivity index (χ2v) is 9.76. The molecule has 2 N–H and O–H groups in total. The van der Waals surface area contributed by atoms with Gasteiger partial charge in [0.15, 0.2) is 0 Å². The molecule has 1 amide bonds. The van der Waals surface area contributed by atoms with Gasteiger partial charge in [-0.25, -0.2) is 9.37 Å². The van der Waals surface area contributed by atoms with Gasteiger partial charge in [0.1, 0.15) is 5.82 Å². The Balaban J connectivity index is 1.72. The predicted molar refractivity (Wildman–Crippen MR) is 143 cm³/mol. The molecule has 8 heteroatoms. The summed E-state index contributed by atoms with van der Waals surface area (Å²) in [6, 6.07) is 19.6. The third-order valence-electron chi connectivity index (χ3n) is 6.10. The van der Waals surface area contributed by atoms with E-state index in [0.29, 0.717) is 27.7 Å². The number of aromatic nitrogens is 1. The van der Waals surface area contributed by atoms with Crippen LogP contribution in [0.3, 0.4) is 0 Å². The fraction of sp³-hybridized carbons (Fsp3) is 0.179. The van der Waals surface area contributed by atoms with Crippen LogP contribution in [0.4, 0.5) is 4.39 Å². The van der Waals surface area contributed by atoms with Crippen LogP contribution in [0.15, 0.2) is 71.2 Å². The molecule has 1 atom stereocenters. The number of hydrogen-bond acceptors (Lipinski definition) is 3. The van der Waals surface area contributed by atoms with Crippen molar-refractivity contribution in [2.24, 2.45) is 0 Å². The summed E-state index contributed by atoms with van der Waals surface area (Å²) in [4.78, 5) is 29.7. The molecule has 4 rings (SSSR count). The molecule has 5 nitrogen and oxygen atoms in total. The molecular weight excluding hydrogens is 547 g/mol. The highest BCUT2D eigenvalue weighted by atomic mass is 79.9. The Morgan fingerprint density at radius 3 is 2.58 bits per heavy atom. The van der Waals surface area contributed by atoms with Crippen LogP contribution in [0.5, 0.6) is 0 Å². The number of pyridine rings is 1. The van der Waals surface area contributed by atoms with E-state index in [4.69, 9.17) is 16.6 Å². The highest BCUT2D eigenvalue weighted by Gasteiger charge is 2.23. The first-order valence-electron chi connectivity index (χ1n) is 11.4. The molecule has 0 aliphatic carbocycles. The first-order chi connectivity index (χ1) is 17.3. The monoisotopic (exact) mass is 568 g/mol. The Bertz CT molecular complexity index is 1450. The molecule has 0 bridgehead atoms. The van der Waals surface area contributed by atoms with Crippen molar-refractivity contribution >= 4 is 50.3 Å². The quantitative estimate of drug-likeness (QED) is 0.236. The molecule has 0 saturated heterocycles. The van der Waals surface area contributed by atoms with Crippen LogP contribution >= 0.6 is 27.5 Å². The van der Waals surface area contributed by atoms with E-state index in [-0.39, 0.29) is 30.3 Å². The van der Waals surface area contributed by atoms with Crippen molar-refractivity contribution in [2.45, 2.75) is 25.7 Å². The summed E-state index contributed by atoms with van der Waals surface area (Å²) in [5, 5.41) is 12.8. The van der Waals surface area contributed by atoms with Gasteiger partial charge in [0.25, 0.3) is 5.91 Å². The summed E-state index contributed by atoms with van der Waals surface area (Å²) < 4.78 is 14.9. The summed E-state index contributed by atoms with van der Waals surface area (Å²) in [6.07, 6.45) is 0.0470. The van der Waals surface area contributed by atoms with E-state index < -0.39 is 17.7 Å². The first kappa shape index (κ1) is 25.8. The van der Waals surface area contributed by atoms with Crippen molar-refractivity contribution in [3.63, 3.8) is 0 Å². The van der Waals surface area contributed by atoms with Crippen molar-refractivity contribution < 1.29 is 19.1 Å². The van der Waals surface area contributed by atoms with Crippen LogP contribution in [0, 0.1) is 12.7 Å². The van der Waals surface area contributed by atoms with E-state index in [2.05, 4.69) is 21.2 Å². The van der Waals surface area contributed by atoms with Gasteiger partial charge in [-0.2, -0.15) is 0 Å². The molecule has 0 radical (unpaired) electrons. The number of halogens is 3. The fourth-order valence-corrected chi connectivity index (χ4v) is 4.95. The van der Waals surface area contributed by atoms with E-state index in [9.17, 15) is 19.1 Å². The number of aliphatic carboxylic acids is 1. The zero-order valence-electron chi connectivity index (χ0n) is 19.4. The summed E-state index contributed by atoms with van der Waals surface area (Å²) in [6.45, 7) is 1.95. The molecule has 0 aliphatic rings. The highest BCUT2D eigenvalue weighted by molar-refractivity contribution is 9.10. The van der Waals surface area contributed by atoms with Gasteiger partial charge >= 0.3 is 5.97 Å². The molecule has 0 saturated carbocycles. The van der Waals surface area contributed by atoms with Crippen molar-refractivity contribution in [3.05, 3.63) is 98.7 Å². The number of nitrogens with one attached hydrogen (secondary N) is 1. The lowest BCUT2D eigenvalue weighted by molar-refractivity contribution is -0.137. The van der Waals surface area contributed by atoms with Gasteiger partial charge in [0.05, 0.1) is 21.8 Å². The van der Waals surface area contributed by atoms with E-state index in [1.165, 1.54) is 12.1 Å². The molecule has 0 unspecified atom stereocenters. The molecule has 0 aliphatic heterocycles. The zero-order valence-corrected chi connectivity index (χ0v) is 21.7. The minimum Gasteiger partial charge on any atom is -0.481 e. The largest absolute Gasteiger partial charge is 0.481 e. The molecule has 0 fully saturated rings. The first-order valence-corrected chi connectivity index (χ1v) is 12.5. The minimum atomic E-state index is -0.979. The molecule has 184 valence electrons. The minimum absolute atomic E-state index is 0.0667. The maximum absolute atomic E-state index is 14.1. The third kappa shape index (κ3) is 5.58. The average Bonchev–Trinajstić information content (AvgIpc) is 2.86. The lowest BCUT2D eigenvalue weighted by atomic mass is 9.93. The topological polar surface area (TPSA) is 79.3 Å². The number of nitrogens with zero attached hydrogens (tertiary/aromatic N) is 1. The van der Waals surface area contributed by atoms with Crippen molar-refractivity contribution in [2.75, 3.05) is 6.54 Å². The highest BCUT2D eigenvalue weighted by Crippen LogP contribution is 2.33. The Morgan fingerprint density at radius 2 is 1.86 bits per heavy atom. The predicted octanol–water partition coefficient (Wildman–Crippen LogP) is 7.14. The van der Waals surface area contributed by atoms with E-state index in [1.54, 1.807) is 6.07 Å². The van der Waals surface area contributed by atoms with E-state index >= 15 is 0 Å². The van der Waals surface area contributed by atoms with Crippen molar-refractivity contribution in [3.8, 4) is 11.3 Å². The number of rotatable bonds is 8. The fourth-order valence-electron chi connectivity index (χ4n) is 4.31. The van der Waals surface area contributed by atoms with Gasteiger partial charge in [0.2, 0.25) is 0 Å². The lowest BCUT2D eigenvalue weighted by Gasteiger charge is -2.20. The molecule has 3 aromatic carbocycles. The lowest BCUT2D eigenvalue weighted by Crippen LogP contribution is -2.30. The number of hydrogen-bond donors (Lipinski definition) is 2. The Kier molecular flexibility index (Phi) is 8.01. The summed E-state index contributed by atoms with van der Waals surface area (Å²) in [5.41, 5.74) is 3.91. The Morgan fingerprint density at radius 1 is 1.11 bits per heavy atom. The van der Waals surface area contributed by atoms with Crippen molar-refractivity contribution in [1.82, 2.24) is 10.3 Å². The van der Waals surface area contributed by atoms with Gasteiger partial charge in [-0.3, -0.25) is 9.59 Å². The van der Waals surface area contributed by atoms with Gasteiger partial charge in [-0.1, -0.05) is 70.0 Å². The number of carboxylic acid groups (broad SMARTS) is 1. The van der Waals surface area contributed by atoms with Gasteiger partial charge in [-0.05, 0) is 48.7 Å². The number of benzene rings is 3. The maximum Gasteiger partial charge on any atom is 0.303 e. The Hall–Kier alpha value is -3.29. The molecule has 1 heterocycles. The van der Waals surface area contributed by atoms with Crippen LogP contribution in [0.1, 0.15) is 40.2 Å².